The van der Waals surface area contributed by atoms with E-state index in [9.17, 15) is 25.2 Å². The molecule has 136 valence electrons. The van der Waals surface area contributed by atoms with Crippen LogP contribution in [0.1, 0.15) is 38.7 Å². The summed E-state index contributed by atoms with van der Waals surface area (Å²) in [6.07, 6.45) is 1.42. The molecule has 0 atom stereocenters. The molecular weight excluding hydrogens is 326 g/mol. The molecule has 1 aromatic carbocycles. The first-order valence-corrected chi connectivity index (χ1v) is 7.90. The van der Waals surface area contributed by atoms with Crippen molar-refractivity contribution >= 4 is 5.97 Å². The van der Waals surface area contributed by atoms with E-state index < -0.39 is 5.41 Å². The van der Waals surface area contributed by atoms with Gasteiger partial charge in [0.2, 0.25) is 0 Å². The SMILES string of the molecule is COC(=O)CCCC(C)(C)c1cc(-n2c(O)ccc2O)c(O)cc1O. The van der Waals surface area contributed by atoms with Crippen LogP contribution in [-0.2, 0) is 14.9 Å². The number of ether oxygens (including phenoxy) is 1. The van der Waals surface area contributed by atoms with Crippen molar-refractivity contribution in [2.45, 2.75) is 38.5 Å². The highest BCUT2D eigenvalue weighted by atomic mass is 16.5. The van der Waals surface area contributed by atoms with E-state index in [2.05, 4.69) is 4.74 Å². The van der Waals surface area contributed by atoms with Gasteiger partial charge in [0.15, 0.2) is 11.8 Å². The number of aromatic nitrogens is 1. The predicted molar refractivity (Wildman–Crippen MR) is 91.3 cm³/mol. The van der Waals surface area contributed by atoms with Gasteiger partial charge in [0.05, 0.1) is 12.8 Å². The quantitative estimate of drug-likeness (QED) is 0.597. The van der Waals surface area contributed by atoms with Gasteiger partial charge >= 0.3 is 5.97 Å². The van der Waals surface area contributed by atoms with Crippen LogP contribution in [0.25, 0.3) is 5.69 Å². The molecule has 0 fully saturated rings. The first-order chi connectivity index (χ1) is 11.7. The van der Waals surface area contributed by atoms with E-state index in [1.807, 2.05) is 13.8 Å². The Kier molecular flexibility index (Phi) is 5.15. The summed E-state index contributed by atoms with van der Waals surface area (Å²) in [6.45, 7) is 3.80. The number of carbonyl (C=O) groups excluding carboxylic acids is 1. The second kappa shape index (κ2) is 6.96. The molecule has 25 heavy (non-hydrogen) atoms. The second-order valence-corrected chi connectivity index (χ2v) is 6.56. The van der Waals surface area contributed by atoms with Crippen molar-refractivity contribution in [3.63, 3.8) is 0 Å². The van der Waals surface area contributed by atoms with E-state index in [1.165, 1.54) is 31.4 Å². The highest BCUT2D eigenvalue weighted by Crippen LogP contribution is 2.41. The Bertz CT molecular complexity index is 759. The van der Waals surface area contributed by atoms with Gasteiger partial charge in [-0.1, -0.05) is 13.8 Å². The molecule has 0 spiro atoms. The monoisotopic (exact) mass is 349 g/mol. The Balaban J connectivity index is 2.38. The number of carbonyl (C=O) groups is 1. The third-order valence-corrected chi connectivity index (χ3v) is 4.31. The van der Waals surface area contributed by atoms with Crippen molar-refractivity contribution in [3.05, 3.63) is 29.8 Å². The summed E-state index contributed by atoms with van der Waals surface area (Å²) < 4.78 is 5.70. The summed E-state index contributed by atoms with van der Waals surface area (Å²) >= 11 is 0. The fraction of sp³-hybridized carbons (Fsp3) is 0.389. The van der Waals surface area contributed by atoms with Crippen LogP contribution in [0.2, 0.25) is 0 Å². The summed E-state index contributed by atoms with van der Waals surface area (Å²) in [5.41, 5.74) is 0.158. The Morgan fingerprint density at radius 2 is 1.68 bits per heavy atom. The molecule has 0 aliphatic rings. The zero-order chi connectivity index (χ0) is 18.8. The van der Waals surface area contributed by atoms with Gasteiger partial charge < -0.3 is 25.2 Å². The van der Waals surface area contributed by atoms with Gasteiger partial charge in [0, 0.05) is 30.2 Å². The average Bonchev–Trinajstić information content (AvgIpc) is 2.86. The third kappa shape index (κ3) is 3.81. The minimum Gasteiger partial charge on any atom is -0.508 e. The zero-order valence-electron chi connectivity index (χ0n) is 14.5. The number of esters is 1. The molecule has 7 nitrogen and oxygen atoms in total. The lowest BCUT2D eigenvalue weighted by atomic mass is 9.79. The van der Waals surface area contributed by atoms with Crippen LogP contribution in [0.5, 0.6) is 23.3 Å². The maximum absolute atomic E-state index is 11.3. The van der Waals surface area contributed by atoms with Gasteiger partial charge in [-0.2, -0.15) is 0 Å². The maximum atomic E-state index is 11.3. The number of nitrogens with zero attached hydrogens (tertiary/aromatic N) is 1. The molecule has 0 saturated carbocycles. The summed E-state index contributed by atoms with van der Waals surface area (Å²) in [4.78, 5) is 11.3. The van der Waals surface area contributed by atoms with Gasteiger partial charge in [-0.3, -0.25) is 4.79 Å². The molecule has 0 aliphatic heterocycles. The van der Waals surface area contributed by atoms with Gasteiger partial charge in [0.1, 0.15) is 11.5 Å². The number of hydrogen-bond donors (Lipinski definition) is 4. The molecule has 0 amide bonds. The van der Waals surface area contributed by atoms with E-state index in [0.29, 0.717) is 18.4 Å². The van der Waals surface area contributed by atoms with Crippen LogP contribution >= 0.6 is 0 Å². The lowest BCUT2D eigenvalue weighted by Crippen LogP contribution is -2.18. The fourth-order valence-corrected chi connectivity index (χ4v) is 2.86. The molecule has 0 aliphatic carbocycles. The van der Waals surface area contributed by atoms with E-state index in [0.717, 1.165) is 4.57 Å². The molecule has 0 unspecified atom stereocenters. The standard InChI is InChI=1S/C18H23NO6/c1-18(2,8-4-5-17(24)25-3)11-9-12(14(21)10-13(11)20)19-15(22)6-7-16(19)23/h6-7,9-10,20-23H,4-5,8H2,1-3H3. The molecule has 1 aromatic heterocycles. The topological polar surface area (TPSA) is 112 Å². The Hall–Kier alpha value is -2.83. The number of aromatic hydroxyl groups is 4. The Morgan fingerprint density at radius 3 is 2.24 bits per heavy atom. The van der Waals surface area contributed by atoms with E-state index in [1.54, 1.807) is 0 Å². The first kappa shape index (κ1) is 18.5. The molecule has 0 radical (unpaired) electrons. The minimum atomic E-state index is -0.515. The number of rotatable bonds is 6. The van der Waals surface area contributed by atoms with E-state index in [-0.39, 0.29) is 41.3 Å². The molecule has 4 N–H and O–H groups in total. The highest BCUT2D eigenvalue weighted by molar-refractivity contribution is 5.69. The van der Waals surface area contributed by atoms with Crippen molar-refractivity contribution < 1.29 is 30.0 Å². The van der Waals surface area contributed by atoms with Crippen molar-refractivity contribution in [3.8, 4) is 28.9 Å². The van der Waals surface area contributed by atoms with Crippen molar-refractivity contribution in [1.82, 2.24) is 4.57 Å². The molecule has 2 rings (SSSR count). The smallest absolute Gasteiger partial charge is 0.305 e. The number of methoxy groups -OCH3 is 1. The number of phenols is 2. The first-order valence-electron chi connectivity index (χ1n) is 7.90. The van der Waals surface area contributed by atoms with Crippen LogP contribution in [-0.4, -0.2) is 38.1 Å². The molecule has 1 heterocycles. The van der Waals surface area contributed by atoms with Crippen LogP contribution in [0, 0.1) is 0 Å². The summed E-state index contributed by atoms with van der Waals surface area (Å²) in [5, 5.41) is 40.1. The summed E-state index contributed by atoms with van der Waals surface area (Å²) in [5.74, 6) is -1.17. The average molecular weight is 349 g/mol. The van der Waals surface area contributed by atoms with Gasteiger partial charge in [-0.25, -0.2) is 4.57 Å². The minimum absolute atomic E-state index is 0.101. The normalized spacial score (nSPS) is 11.5. The van der Waals surface area contributed by atoms with Gasteiger partial charge in [0.25, 0.3) is 0 Å². The fourth-order valence-electron chi connectivity index (χ4n) is 2.86. The molecule has 7 heteroatoms. The highest BCUT2D eigenvalue weighted by Gasteiger charge is 2.27. The van der Waals surface area contributed by atoms with Gasteiger partial charge in [-0.15, -0.1) is 0 Å². The maximum Gasteiger partial charge on any atom is 0.305 e. The molecule has 0 saturated heterocycles. The molecule has 0 bridgehead atoms. The number of phenolic OH excluding ortho intramolecular Hbond substituents is 2. The number of hydrogen-bond acceptors (Lipinski definition) is 6. The van der Waals surface area contributed by atoms with E-state index in [4.69, 9.17) is 0 Å². The van der Waals surface area contributed by atoms with Crippen LogP contribution < -0.4 is 0 Å². The van der Waals surface area contributed by atoms with Crippen LogP contribution in [0.15, 0.2) is 24.3 Å². The Morgan fingerprint density at radius 1 is 1.08 bits per heavy atom. The Labute approximate surface area is 145 Å². The van der Waals surface area contributed by atoms with Crippen molar-refractivity contribution in [2.75, 3.05) is 7.11 Å². The van der Waals surface area contributed by atoms with Gasteiger partial charge in [-0.05, 0) is 24.3 Å². The summed E-state index contributed by atoms with van der Waals surface area (Å²) in [6, 6.07) is 5.28. The van der Waals surface area contributed by atoms with Crippen LogP contribution in [0.3, 0.4) is 0 Å². The largest absolute Gasteiger partial charge is 0.508 e. The van der Waals surface area contributed by atoms with Crippen molar-refractivity contribution in [2.24, 2.45) is 0 Å². The second-order valence-electron chi connectivity index (χ2n) is 6.56. The van der Waals surface area contributed by atoms with E-state index >= 15 is 0 Å². The lowest BCUT2D eigenvalue weighted by molar-refractivity contribution is -0.140. The zero-order valence-corrected chi connectivity index (χ0v) is 14.5. The predicted octanol–water partition coefficient (Wildman–Crippen LogP) is 2.92. The molecule has 2 aromatic rings. The summed E-state index contributed by atoms with van der Waals surface area (Å²) in [7, 11) is 1.33. The molecular formula is C18H23NO6. The van der Waals surface area contributed by atoms with Crippen LogP contribution in [0.4, 0.5) is 0 Å². The third-order valence-electron chi connectivity index (χ3n) is 4.31. The number of benzene rings is 1. The lowest BCUT2D eigenvalue weighted by Gasteiger charge is -2.27. The van der Waals surface area contributed by atoms with Crippen molar-refractivity contribution in [1.29, 1.82) is 0 Å².